The number of carbonyl (C=O) groups excluding carboxylic acids is 2. The molecule has 0 aromatic rings. The van der Waals surface area contributed by atoms with E-state index in [2.05, 4.69) is 19.6 Å². The number of hydrogen-bond donors (Lipinski definition) is 0. The number of carbonyl (C=O) groups is 2. The zero-order chi connectivity index (χ0) is 18.2. The van der Waals surface area contributed by atoms with Crippen LogP contribution in [-0.2, 0) is 28.5 Å². The Morgan fingerprint density at radius 1 is 1.48 bits per heavy atom. The highest BCUT2D eigenvalue weighted by Crippen LogP contribution is 2.50. The summed E-state index contributed by atoms with van der Waals surface area (Å²) in [6, 6.07) is 0. The van der Waals surface area contributed by atoms with Crippen LogP contribution in [0, 0.1) is 5.92 Å². The van der Waals surface area contributed by atoms with Crippen LogP contribution in [0.25, 0.3) is 0 Å². The summed E-state index contributed by atoms with van der Waals surface area (Å²) in [6.45, 7) is 9.92. The molecule has 0 aromatic heterocycles. The lowest BCUT2D eigenvalue weighted by Gasteiger charge is -2.25. The molecule has 0 aromatic carbocycles. The van der Waals surface area contributed by atoms with Crippen LogP contribution in [0.2, 0.25) is 0 Å². The van der Waals surface area contributed by atoms with Crippen LogP contribution >= 0.6 is 0 Å². The van der Waals surface area contributed by atoms with Gasteiger partial charge in [0.05, 0.1) is 18.3 Å². The molecule has 0 amide bonds. The number of rotatable bonds is 4. The molecule has 0 spiro atoms. The number of ether oxygens (including phenoxy) is 4. The fourth-order valence-electron chi connectivity index (χ4n) is 3.76. The van der Waals surface area contributed by atoms with Crippen LogP contribution in [0.5, 0.6) is 0 Å². The highest BCUT2D eigenvalue weighted by atomic mass is 16.6. The van der Waals surface area contributed by atoms with Crippen molar-refractivity contribution in [2.24, 2.45) is 5.92 Å². The first-order valence-corrected chi connectivity index (χ1v) is 8.87. The Labute approximate surface area is 148 Å². The Bertz CT molecular complexity index is 609. The van der Waals surface area contributed by atoms with Crippen molar-refractivity contribution in [2.45, 2.75) is 63.9 Å². The first-order valence-electron chi connectivity index (χ1n) is 8.87. The van der Waals surface area contributed by atoms with Gasteiger partial charge in [-0.15, -0.1) is 0 Å². The van der Waals surface area contributed by atoms with E-state index < -0.39 is 0 Å². The predicted octanol–water partition coefficient (Wildman–Crippen LogP) is 2.32. The molecule has 2 saturated heterocycles. The summed E-state index contributed by atoms with van der Waals surface area (Å²) in [7, 11) is 0. The Morgan fingerprint density at radius 2 is 2.24 bits per heavy atom. The largest absolute Gasteiger partial charge is 0.464 e. The highest BCUT2D eigenvalue weighted by Gasteiger charge is 2.61. The van der Waals surface area contributed by atoms with Gasteiger partial charge in [-0.05, 0) is 45.6 Å². The molecule has 5 atom stereocenters. The molecule has 25 heavy (non-hydrogen) atoms. The van der Waals surface area contributed by atoms with Crippen LogP contribution in [0.1, 0.15) is 40.0 Å². The molecule has 1 aliphatic carbocycles. The fraction of sp³-hybridized carbons (Fsp3) is 0.684. The van der Waals surface area contributed by atoms with E-state index in [4.69, 9.17) is 18.9 Å². The minimum absolute atomic E-state index is 0.0989. The van der Waals surface area contributed by atoms with E-state index >= 15 is 0 Å². The van der Waals surface area contributed by atoms with Gasteiger partial charge in [-0.1, -0.05) is 12.7 Å². The minimum atomic E-state index is -0.389. The fourth-order valence-corrected chi connectivity index (χ4v) is 3.76. The van der Waals surface area contributed by atoms with E-state index in [1.165, 1.54) is 0 Å². The molecular formula is C19H26O6. The summed E-state index contributed by atoms with van der Waals surface area (Å²) in [4.78, 5) is 23.7. The number of epoxide rings is 1. The second-order valence-electron chi connectivity index (χ2n) is 7.18. The Hall–Kier alpha value is -1.66. The average Bonchev–Trinajstić information content (AvgIpc) is 3.15. The van der Waals surface area contributed by atoms with Crippen molar-refractivity contribution in [1.82, 2.24) is 0 Å². The minimum Gasteiger partial charge on any atom is -0.464 e. The summed E-state index contributed by atoms with van der Waals surface area (Å²) in [6.07, 6.45) is 3.65. The maximum atomic E-state index is 12.0. The van der Waals surface area contributed by atoms with E-state index in [1.807, 2.05) is 6.92 Å². The van der Waals surface area contributed by atoms with Gasteiger partial charge >= 0.3 is 11.9 Å². The summed E-state index contributed by atoms with van der Waals surface area (Å²) >= 11 is 0. The van der Waals surface area contributed by atoms with Crippen molar-refractivity contribution in [1.29, 1.82) is 0 Å². The number of esters is 2. The molecular weight excluding hydrogens is 324 g/mol. The molecule has 0 N–H and O–H groups in total. The third-order valence-corrected chi connectivity index (χ3v) is 5.38. The SMILES string of the molecule is C=C1C(=O)O[C@@H]2[C@H]3O[C@]3(C)CC/C=C(\C)[C@@H](OCC(=O)OCC)C[C@@H]12. The average molecular weight is 350 g/mol. The van der Waals surface area contributed by atoms with E-state index in [-0.39, 0.29) is 48.4 Å². The van der Waals surface area contributed by atoms with Gasteiger partial charge in [-0.25, -0.2) is 9.59 Å². The van der Waals surface area contributed by atoms with Crippen LogP contribution < -0.4 is 0 Å². The van der Waals surface area contributed by atoms with Crippen molar-refractivity contribution >= 4 is 11.9 Å². The van der Waals surface area contributed by atoms with Crippen molar-refractivity contribution in [3.05, 3.63) is 23.8 Å². The summed E-state index contributed by atoms with van der Waals surface area (Å²) < 4.78 is 22.2. The van der Waals surface area contributed by atoms with Gasteiger partial charge in [0.2, 0.25) is 0 Å². The van der Waals surface area contributed by atoms with Crippen LogP contribution in [0.4, 0.5) is 0 Å². The van der Waals surface area contributed by atoms with Gasteiger partial charge in [-0.3, -0.25) is 0 Å². The lowest BCUT2D eigenvalue weighted by Crippen LogP contribution is -2.33. The molecule has 138 valence electrons. The van der Waals surface area contributed by atoms with E-state index in [0.717, 1.165) is 18.4 Å². The Balaban J connectivity index is 1.78. The zero-order valence-electron chi connectivity index (χ0n) is 15.1. The van der Waals surface area contributed by atoms with Crippen molar-refractivity contribution < 1.29 is 28.5 Å². The molecule has 6 nitrogen and oxygen atoms in total. The maximum Gasteiger partial charge on any atom is 0.334 e. The summed E-state index contributed by atoms with van der Waals surface area (Å²) in [5, 5.41) is 0. The second-order valence-corrected chi connectivity index (χ2v) is 7.18. The van der Waals surface area contributed by atoms with Crippen LogP contribution in [0.15, 0.2) is 23.8 Å². The van der Waals surface area contributed by atoms with Crippen LogP contribution in [-0.4, -0.2) is 49.1 Å². The molecule has 0 bridgehead atoms. The molecule has 3 aliphatic rings. The first kappa shape index (κ1) is 18.1. The lowest BCUT2D eigenvalue weighted by molar-refractivity contribution is -0.150. The topological polar surface area (TPSA) is 74.4 Å². The van der Waals surface area contributed by atoms with Gasteiger partial charge in [0, 0.05) is 11.5 Å². The first-order chi connectivity index (χ1) is 11.9. The maximum absolute atomic E-state index is 12.0. The molecule has 0 radical (unpaired) electrons. The molecule has 2 heterocycles. The molecule has 3 rings (SSSR count). The molecule has 2 fully saturated rings. The number of hydrogen-bond acceptors (Lipinski definition) is 6. The van der Waals surface area contributed by atoms with Gasteiger partial charge in [0.1, 0.15) is 18.8 Å². The Kier molecular flexibility index (Phi) is 5.02. The van der Waals surface area contributed by atoms with Crippen LogP contribution in [0.3, 0.4) is 0 Å². The number of fused-ring (bicyclic) bond motifs is 3. The standard InChI is InChI=1S/C19H26O6/c1-5-22-15(20)10-23-14-9-13-12(3)18(21)24-16(13)17-19(4,25-17)8-6-7-11(14)2/h7,13-14,16-17H,3,5-6,8-10H2,1-2,4H3/b11-7+/t13-,14-,16-,17+,19+/m0/s1. The van der Waals surface area contributed by atoms with E-state index in [9.17, 15) is 9.59 Å². The van der Waals surface area contributed by atoms with Gasteiger partial charge in [0.25, 0.3) is 0 Å². The Morgan fingerprint density at radius 3 is 2.96 bits per heavy atom. The quantitative estimate of drug-likeness (QED) is 0.335. The third-order valence-electron chi connectivity index (χ3n) is 5.38. The molecule has 0 unspecified atom stereocenters. The van der Waals surface area contributed by atoms with Gasteiger partial charge in [-0.2, -0.15) is 0 Å². The highest BCUT2D eigenvalue weighted by molar-refractivity contribution is 5.91. The van der Waals surface area contributed by atoms with Crippen molar-refractivity contribution in [3.8, 4) is 0 Å². The van der Waals surface area contributed by atoms with E-state index in [0.29, 0.717) is 18.6 Å². The summed E-state index contributed by atoms with van der Waals surface area (Å²) in [5.74, 6) is -0.925. The predicted molar refractivity (Wildman–Crippen MR) is 89.8 cm³/mol. The monoisotopic (exact) mass is 350 g/mol. The summed E-state index contributed by atoms with van der Waals surface area (Å²) in [5.41, 5.74) is 1.25. The third kappa shape index (κ3) is 3.65. The lowest BCUT2D eigenvalue weighted by atomic mass is 9.83. The smallest absolute Gasteiger partial charge is 0.334 e. The van der Waals surface area contributed by atoms with Gasteiger partial charge in [0.15, 0.2) is 0 Å². The zero-order valence-corrected chi connectivity index (χ0v) is 15.1. The second kappa shape index (κ2) is 6.92. The normalized spacial score (nSPS) is 39.6. The van der Waals surface area contributed by atoms with Gasteiger partial charge < -0.3 is 18.9 Å². The number of allylic oxidation sites excluding steroid dienone is 1. The van der Waals surface area contributed by atoms with Crippen molar-refractivity contribution in [3.63, 3.8) is 0 Å². The molecule has 0 saturated carbocycles. The molecule has 6 heteroatoms. The van der Waals surface area contributed by atoms with Crippen molar-refractivity contribution in [2.75, 3.05) is 13.2 Å². The molecule has 2 aliphatic heterocycles. The van der Waals surface area contributed by atoms with E-state index in [1.54, 1.807) is 6.92 Å².